The van der Waals surface area contributed by atoms with Crippen molar-refractivity contribution >= 4 is 22.6 Å². The summed E-state index contributed by atoms with van der Waals surface area (Å²) in [5.74, 6) is 0. The van der Waals surface area contributed by atoms with Gasteiger partial charge in [-0.15, -0.1) is 0 Å². The minimum atomic E-state index is 0.193. The summed E-state index contributed by atoms with van der Waals surface area (Å²) in [7, 11) is 0. The largest absolute Gasteiger partial charge is 0.304 e. The fourth-order valence-electron chi connectivity index (χ4n) is 1.81. The molecule has 0 spiro atoms. The van der Waals surface area contributed by atoms with E-state index in [-0.39, 0.29) is 5.54 Å². The summed E-state index contributed by atoms with van der Waals surface area (Å²) in [5, 5.41) is 3.60. The third kappa shape index (κ3) is 2.08. The second-order valence-electron chi connectivity index (χ2n) is 4.24. The maximum Gasteiger partial charge on any atom is 0.0612 e. The van der Waals surface area contributed by atoms with Gasteiger partial charge in [-0.2, -0.15) is 0 Å². The Morgan fingerprint density at radius 1 is 1.43 bits per heavy atom. The molecule has 3 heteroatoms. The Hall–Kier alpha value is -0.160. The second kappa shape index (κ2) is 3.77. The van der Waals surface area contributed by atoms with Gasteiger partial charge in [-0.05, 0) is 61.4 Å². The zero-order valence-electron chi connectivity index (χ0n) is 8.55. The van der Waals surface area contributed by atoms with E-state index < -0.39 is 0 Å². The molecule has 1 aromatic rings. The first kappa shape index (κ1) is 10.4. The van der Waals surface area contributed by atoms with Crippen LogP contribution in [0.2, 0.25) is 0 Å². The monoisotopic (exact) mass is 302 g/mol. The second-order valence-corrected chi connectivity index (χ2v) is 5.49. The van der Waals surface area contributed by atoms with Gasteiger partial charge < -0.3 is 5.32 Å². The fraction of sp³-hybridized carbons (Fsp3) is 0.545. The number of hydrogen-bond donors (Lipinski definition) is 1. The fourth-order valence-corrected chi connectivity index (χ4v) is 2.13. The highest BCUT2D eigenvalue weighted by Crippen LogP contribution is 2.44. The van der Waals surface area contributed by atoms with Gasteiger partial charge >= 0.3 is 0 Å². The van der Waals surface area contributed by atoms with E-state index in [2.05, 4.69) is 58.9 Å². The van der Waals surface area contributed by atoms with Gasteiger partial charge in [0.05, 0.1) is 11.2 Å². The molecule has 1 aliphatic rings. The molecule has 0 saturated heterocycles. The van der Waals surface area contributed by atoms with Crippen molar-refractivity contribution in [3.05, 3.63) is 27.6 Å². The molecule has 0 unspecified atom stereocenters. The molecular formula is C11H15IN2. The van der Waals surface area contributed by atoms with Crippen LogP contribution in [0.3, 0.4) is 0 Å². The van der Waals surface area contributed by atoms with E-state index >= 15 is 0 Å². The number of halogens is 1. The van der Waals surface area contributed by atoms with Crippen LogP contribution in [0, 0.1) is 3.57 Å². The van der Waals surface area contributed by atoms with Crippen LogP contribution in [0.25, 0.3) is 0 Å². The molecule has 0 amide bonds. The third-order valence-corrected chi connectivity index (χ3v) is 3.17. The van der Waals surface area contributed by atoms with Crippen molar-refractivity contribution in [2.24, 2.45) is 0 Å². The van der Waals surface area contributed by atoms with Crippen LogP contribution >= 0.6 is 22.6 Å². The summed E-state index contributed by atoms with van der Waals surface area (Å²) < 4.78 is 1.20. The van der Waals surface area contributed by atoms with E-state index in [1.54, 1.807) is 0 Å². The van der Waals surface area contributed by atoms with Crippen LogP contribution in [0.15, 0.2) is 18.3 Å². The lowest BCUT2D eigenvalue weighted by molar-refractivity contribution is 0.452. The molecule has 1 aliphatic carbocycles. The number of nitrogens with one attached hydrogen (secondary N) is 1. The summed E-state index contributed by atoms with van der Waals surface area (Å²) in [4.78, 5) is 4.50. The van der Waals surface area contributed by atoms with Crippen LogP contribution in [-0.2, 0) is 5.54 Å². The third-order valence-electron chi connectivity index (χ3n) is 2.53. The van der Waals surface area contributed by atoms with E-state index in [9.17, 15) is 0 Å². The summed E-state index contributed by atoms with van der Waals surface area (Å²) >= 11 is 2.29. The minimum absolute atomic E-state index is 0.193. The average molecular weight is 302 g/mol. The maximum absolute atomic E-state index is 4.50. The Morgan fingerprint density at radius 2 is 2.14 bits per heavy atom. The van der Waals surface area contributed by atoms with Crippen molar-refractivity contribution in [1.82, 2.24) is 10.3 Å². The van der Waals surface area contributed by atoms with Crippen LogP contribution < -0.4 is 5.32 Å². The van der Waals surface area contributed by atoms with Gasteiger partial charge in [-0.3, -0.25) is 4.98 Å². The van der Waals surface area contributed by atoms with E-state index in [0.29, 0.717) is 6.04 Å². The average Bonchev–Trinajstić information content (AvgIpc) is 2.85. The van der Waals surface area contributed by atoms with Crippen LogP contribution in [-0.4, -0.2) is 11.0 Å². The molecule has 0 aliphatic heterocycles. The summed E-state index contributed by atoms with van der Waals surface area (Å²) in [5.41, 5.74) is 1.39. The maximum atomic E-state index is 4.50. The highest BCUT2D eigenvalue weighted by atomic mass is 127. The van der Waals surface area contributed by atoms with Crippen molar-refractivity contribution in [3.63, 3.8) is 0 Å². The zero-order valence-corrected chi connectivity index (χ0v) is 10.7. The summed E-state index contributed by atoms with van der Waals surface area (Å²) in [6.07, 6.45) is 4.38. The molecule has 14 heavy (non-hydrogen) atoms. The molecule has 76 valence electrons. The SMILES string of the molecule is CC(C)NC1(c2ccc(I)cn2)CC1. The Kier molecular flexibility index (Phi) is 2.79. The van der Waals surface area contributed by atoms with Gasteiger partial charge in [0.1, 0.15) is 0 Å². The van der Waals surface area contributed by atoms with Crippen LogP contribution in [0.4, 0.5) is 0 Å². The topological polar surface area (TPSA) is 24.9 Å². The number of hydrogen-bond acceptors (Lipinski definition) is 2. The first-order chi connectivity index (χ1) is 6.62. The van der Waals surface area contributed by atoms with E-state index in [1.807, 2.05) is 6.20 Å². The van der Waals surface area contributed by atoms with Crippen molar-refractivity contribution in [3.8, 4) is 0 Å². The highest BCUT2D eigenvalue weighted by Gasteiger charge is 2.45. The Labute approximate surface area is 98.6 Å². The summed E-state index contributed by atoms with van der Waals surface area (Å²) in [6.45, 7) is 4.37. The van der Waals surface area contributed by atoms with Crippen molar-refractivity contribution in [2.45, 2.75) is 38.3 Å². The molecule has 1 N–H and O–H groups in total. The molecule has 0 aromatic carbocycles. The molecule has 2 rings (SSSR count). The predicted octanol–water partition coefficient (Wildman–Crippen LogP) is 2.67. The van der Waals surface area contributed by atoms with Gasteiger partial charge in [0, 0.05) is 15.8 Å². The van der Waals surface area contributed by atoms with E-state index in [4.69, 9.17) is 0 Å². The standard InChI is InChI=1S/C11H15IN2/c1-8(2)14-11(5-6-11)10-4-3-9(12)7-13-10/h3-4,7-8,14H,5-6H2,1-2H3. The molecule has 0 atom stereocenters. The number of rotatable bonds is 3. The Morgan fingerprint density at radius 3 is 2.57 bits per heavy atom. The lowest BCUT2D eigenvalue weighted by Crippen LogP contribution is -2.35. The molecule has 0 radical (unpaired) electrons. The molecule has 1 fully saturated rings. The van der Waals surface area contributed by atoms with Gasteiger partial charge in [-0.25, -0.2) is 0 Å². The minimum Gasteiger partial charge on any atom is -0.304 e. The van der Waals surface area contributed by atoms with Crippen molar-refractivity contribution in [2.75, 3.05) is 0 Å². The number of nitrogens with zero attached hydrogens (tertiary/aromatic N) is 1. The molecule has 2 nitrogen and oxygen atoms in total. The van der Waals surface area contributed by atoms with Gasteiger partial charge in [-0.1, -0.05) is 0 Å². The number of aromatic nitrogens is 1. The smallest absolute Gasteiger partial charge is 0.0612 e. The van der Waals surface area contributed by atoms with Gasteiger partial charge in [0.25, 0.3) is 0 Å². The highest BCUT2D eigenvalue weighted by molar-refractivity contribution is 14.1. The lowest BCUT2D eigenvalue weighted by atomic mass is 10.1. The van der Waals surface area contributed by atoms with Crippen molar-refractivity contribution < 1.29 is 0 Å². The van der Waals surface area contributed by atoms with Gasteiger partial charge in [0.2, 0.25) is 0 Å². The Bertz CT molecular complexity index is 315. The molecular weight excluding hydrogens is 287 g/mol. The summed E-state index contributed by atoms with van der Waals surface area (Å²) in [6, 6.07) is 4.80. The van der Waals surface area contributed by atoms with Crippen molar-refractivity contribution in [1.29, 1.82) is 0 Å². The quantitative estimate of drug-likeness (QED) is 0.868. The number of pyridine rings is 1. The zero-order chi connectivity index (χ0) is 10.2. The molecule has 1 aromatic heterocycles. The predicted molar refractivity (Wildman–Crippen MR) is 66.1 cm³/mol. The molecule has 1 saturated carbocycles. The lowest BCUT2D eigenvalue weighted by Gasteiger charge is -2.19. The first-order valence-electron chi connectivity index (χ1n) is 5.02. The van der Waals surface area contributed by atoms with Crippen LogP contribution in [0.5, 0.6) is 0 Å². The molecule has 0 bridgehead atoms. The van der Waals surface area contributed by atoms with Crippen LogP contribution in [0.1, 0.15) is 32.4 Å². The van der Waals surface area contributed by atoms with E-state index in [0.717, 1.165) is 0 Å². The normalized spacial score (nSPS) is 18.6. The Balaban J connectivity index is 2.18. The van der Waals surface area contributed by atoms with E-state index in [1.165, 1.54) is 22.1 Å². The first-order valence-corrected chi connectivity index (χ1v) is 6.10. The molecule has 1 heterocycles. The van der Waals surface area contributed by atoms with Gasteiger partial charge in [0.15, 0.2) is 0 Å².